The molecule has 10 heteroatoms. The molecular formula is C27H25ClFN5O3. The third-order valence-electron chi connectivity index (χ3n) is 6.54. The van der Waals surface area contributed by atoms with E-state index in [0.29, 0.717) is 23.3 Å². The summed E-state index contributed by atoms with van der Waals surface area (Å²) in [7, 11) is 0. The highest BCUT2D eigenvalue weighted by atomic mass is 35.5. The van der Waals surface area contributed by atoms with Gasteiger partial charge in [0.15, 0.2) is 5.82 Å². The first-order valence-corrected chi connectivity index (χ1v) is 12.3. The average Bonchev–Trinajstić information content (AvgIpc) is 3.81. The van der Waals surface area contributed by atoms with E-state index in [9.17, 15) is 9.18 Å². The lowest BCUT2D eigenvalue weighted by Gasteiger charge is -2.09. The number of hydrogen-bond donors (Lipinski definition) is 3. The van der Waals surface area contributed by atoms with E-state index in [0.717, 1.165) is 29.5 Å². The van der Waals surface area contributed by atoms with Crippen LogP contribution in [-0.2, 0) is 16.1 Å². The van der Waals surface area contributed by atoms with Crippen LogP contribution >= 0.6 is 11.6 Å². The van der Waals surface area contributed by atoms with Gasteiger partial charge in [-0.15, -0.1) is 0 Å². The molecule has 2 atom stereocenters. The van der Waals surface area contributed by atoms with E-state index in [4.69, 9.17) is 21.5 Å². The first-order chi connectivity index (χ1) is 17.9. The van der Waals surface area contributed by atoms with Crippen LogP contribution in [0.4, 0.5) is 15.9 Å². The second-order valence-corrected chi connectivity index (χ2v) is 9.67. The fourth-order valence-corrected chi connectivity index (χ4v) is 4.64. The van der Waals surface area contributed by atoms with E-state index in [1.807, 2.05) is 40.9 Å². The van der Waals surface area contributed by atoms with Gasteiger partial charge in [0.05, 0.1) is 24.1 Å². The van der Waals surface area contributed by atoms with Gasteiger partial charge in [-0.05, 0) is 60.4 Å². The van der Waals surface area contributed by atoms with E-state index in [1.165, 1.54) is 24.5 Å². The SMILES string of the molecule is O=C(Nc1cc(NCc2cn3cc(C4CC4)ccc3n2)c(F)cn1)[C@H]1C[C@@H]1c1cccc(Cl)c1.O=CO. The Morgan fingerprint density at radius 3 is 2.76 bits per heavy atom. The first-order valence-electron chi connectivity index (χ1n) is 12.0. The van der Waals surface area contributed by atoms with Crippen LogP contribution in [0, 0.1) is 11.7 Å². The number of amides is 1. The quantitative estimate of drug-likeness (QED) is 0.279. The maximum absolute atomic E-state index is 14.4. The summed E-state index contributed by atoms with van der Waals surface area (Å²) in [5.41, 5.74) is 4.32. The Labute approximate surface area is 217 Å². The van der Waals surface area contributed by atoms with Crippen molar-refractivity contribution in [2.45, 2.75) is 37.6 Å². The Bertz CT molecular complexity index is 1460. The number of carbonyl (C=O) groups is 2. The highest BCUT2D eigenvalue weighted by Gasteiger charge is 2.44. The van der Waals surface area contributed by atoms with Crippen LogP contribution in [0.1, 0.15) is 47.9 Å². The molecule has 2 saturated carbocycles. The van der Waals surface area contributed by atoms with Gasteiger partial charge >= 0.3 is 0 Å². The molecule has 2 aliphatic carbocycles. The van der Waals surface area contributed by atoms with Gasteiger partial charge in [0.2, 0.25) is 5.91 Å². The van der Waals surface area contributed by atoms with Crippen LogP contribution in [0.3, 0.4) is 0 Å². The summed E-state index contributed by atoms with van der Waals surface area (Å²) in [6.07, 6.45) is 8.45. The molecule has 0 radical (unpaired) electrons. The van der Waals surface area contributed by atoms with Gasteiger partial charge in [0.1, 0.15) is 11.5 Å². The number of carboxylic acid groups (broad SMARTS) is 1. The number of benzene rings is 1. The Balaban J connectivity index is 0.000000892. The van der Waals surface area contributed by atoms with E-state index < -0.39 is 5.82 Å². The van der Waals surface area contributed by atoms with E-state index in [2.05, 4.69) is 32.9 Å². The number of imidazole rings is 1. The van der Waals surface area contributed by atoms with E-state index in [-0.39, 0.29) is 29.9 Å². The van der Waals surface area contributed by atoms with Crippen molar-refractivity contribution in [3.8, 4) is 0 Å². The standard InChI is InChI=1S/C26H23ClFN5O.CH2O2/c27-18-3-1-2-16(8-18)20-9-21(20)26(34)32-24-10-23(22(28)12-30-24)29-11-19-14-33-13-17(15-4-5-15)6-7-25(33)31-19;2-1-3/h1-3,6-8,10,12-15,20-21H,4-5,9,11H2,(H2,29,30,32,34);1H,(H,2,3)/t20-,21+;/m1./s1. The van der Waals surface area contributed by atoms with Crippen molar-refractivity contribution in [3.63, 3.8) is 0 Å². The van der Waals surface area contributed by atoms with Crippen molar-refractivity contribution in [1.82, 2.24) is 14.4 Å². The normalized spacial score (nSPS) is 18.0. The van der Waals surface area contributed by atoms with E-state index >= 15 is 0 Å². The Morgan fingerprint density at radius 1 is 1.19 bits per heavy atom. The van der Waals surface area contributed by atoms with Crippen LogP contribution in [0.5, 0.6) is 0 Å². The maximum atomic E-state index is 14.4. The number of anilines is 2. The fourth-order valence-electron chi connectivity index (χ4n) is 4.44. The number of halogens is 2. The molecule has 0 spiro atoms. The number of pyridine rings is 2. The fraction of sp³-hybridized carbons (Fsp3) is 0.259. The summed E-state index contributed by atoms with van der Waals surface area (Å²) in [6, 6.07) is 13.2. The summed E-state index contributed by atoms with van der Waals surface area (Å²) in [4.78, 5) is 29.7. The summed E-state index contributed by atoms with van der Waals surface area (Å²) < 4.78 is 16.4. The third-order valence-corrected chi connectivity index (χ3v) is 6.78. The minimum Gasteiger partial charge on any atom is -0.483 e. The number of rotatable bonds is 7. The zero-order chi connectivity index (χ0) is 25.9. The summed E-state index contributed by atoms with van der Waals surface area (Å²) in [5.74, 6) is 0.384. The molecule has 1 amide bonds. The van der Waals surface area contributed by atoms with Gasteiger partial charge in [-0.25, -0.2) is 14.4 Å². The molecule has 0 saturated heterocycles. The number of aromatic nitrogens is 3. The van der Waals surface area contributed by atoms with Gasteiger partial charge in [-0.3, -0.25) is 9.59 Å². The molecule has 37 heavy (non-hydrogen) atoms. The summed E-state index contributed by atoms with van der Waals surface area (Å²) >= 11 is 6.07. The number of nitrogens with one attached hydrogen (secondary N) is 2. The molecule has 3 N–H and O–H groups in total. The summed E-state index contributed by atoms with van der Waals surface area (Å²) in [5, 5.41) is 13.5. The molecular weight excluding hydrogens is 497 g/mol. The van der Waals surface area contributed by atoms with Gasteiger partial charge in [0, 0.05) is 29.4 Å². The van der Waals surface area contributed by atoms with Gasteiger partial charge in [0.25, 0.3) is 6.47 Å². The molecule has 1 aromatic carbocycles. The molecule has 3 heterocycles. The van der Waals surface area contributed by atoms with Crippen molar-refractivity contribution in [2.75, 3.05) is 10.6 Å². The average molecular weight is 522 g/mol. The summed E-state index contributed by atoms with van der Waals surface area (Å²) in [6.45, 7) is 0.105. The van der Waals surface area contributed by atoms with Crippen molar-refractivity contribution in [2.24, 2.45) is 5.92 Å². The molecule has 0 unspecified atom stereocenters. The smallest absolute Gasteiger partial charge is 0.290 e. The van der Waals surface area contributed by atoms with Gasteiger partial charge in [-0.1, -0.05) is 29.8 Å². The van der Waals surface area contributed by atoms with Crippen molar-refractivity contribution in [3.05, 3.63) is 88.7 Å². The number of nitrogens with zero attached hydrogens (tertiary/aromatic N) is 3. The molecule has 2 fully saturated rings. The molecule has 3 aromatic heterocycles. The van der Waals surface area contributed by atoms with Crippen LogP contribution in [-0.4, -0.2) is 31.9 Å². The second kappa shape index (κ2) is 10.6. The minimum absolute atomic E-state index is 0.123. The molecule has 190 valence electrons. The molecule has 0 bridgehead atoms. The molecule has 4 aromatic rings. The van der Waals surface area contributed by atoms with Crippen molar-refractivity contribution in [1.29, 1.82) is 0 Å². The molecule has 0 aliphatic heterocycles. The van der Waals surface area contributed by atoms with Crippen molar-refractivity contribution >= 4 is 41.1 Å². The van der Waals surface area contributed by atoms with E-state index in [1.54, 1.807) is 0 Å². The molecule has 8 nitrogen and oxygen atoms in total. The zero-order valence-corrected chi connectivity index (χ0v) is 20.5. The van der Waals surface area contributed by atoms with Crippen molar-refractivity contribution < 1.29 is 19.1 Å². The Hall–Kier alpha value is -3.98. The number of carbonyl (C=O) groups excluding carboxylic acids is 1. The monoisotopic (exact) mass is 521 g/mol. The Kier molecular flexibility index (Phi) is 7.05. The zero-order valence-electron chi connectivity index (χ0n) is 19.8. The van der Waals surface area contributed by atoms with Gasteiger partial charge in [-0.2, -0.15) is 0 Å². The van der Waals surface area contributed by atoms with Crippen LogP contribution in [0.15, 0.2) is 61.1 Å². The largest absolute Gasteiger partial charge is 0.483 e. The predicted molar refractivity (Wildman–Crippen MR) is 138 cm³/mol. The maximum Gasteiger partial charge on any atom is 0.290 e. The minimum atomic E-state index is -0.485. The number of hydrogen-bond acceptors (Lipinski definition) is 5. The molecule has 2 aliphatic rings. The highest BCUT2D eigenvalue weighted by Crippen LogP contribution is 2.48. The lowest BCUT2D eigenvalue weighted by atomic mass is 10.1. The van der Waals surface area contributed by atoms with Crippen LogP contribution in [0.25, 0.3) is 5.65 Å². The Morgan fingerprint density at radius 2 is 2.00 bits per heavy atom. The van der Waals surface area contributed by atoms with Crippen LogP contribution in [0.2, 0.25) is 5.02 Å². The van der Waals surface area contributed by atoms with Crippen LogP contribution < -0.4 is 10.6 Å². The number of fused-ring (bicyclic) bond motifs is 1. The third kappa shape index (κ3) is 5.89. The lowest BCUT2D eigenvalue weighted by molar-refractivity contribution is -0.123. The first kappa shape index (κ1) is 24.7. The second-order valence-electron chi connectivity index (χ2n) is 9.24. The lowest BCUT2D eigenvalue weighted by Crippen LogP contribution is -2.16. The topological polar surface area (TPSA) is 109 Å². The molecule has 6 rings (SSSR count). The highest BCUT2D eigenvalue weighted by molar-refractivity contribution is 6.30. The predicted octanol–water partition coefficient (Wildman–Crippen LogP) is 5.45. The van der Waals surface area contributed by atoms with Gasteiger partial charge < -0.3 is 20.1 Å².